The highest BCUT2D eigenvalue weighted by atomic mass is 19.1. The molecule has 0 aliphatic carbocycles. The summed E-state index contributed by atoms with van der Waals surface area (Å²) in [6.45, 7) is -0.435. The van der Waals surface area contributed by atoms with Crippen molar-refractivity contribution in [3.63, 3.8) is 0 Å². The Labute approximate surface area is 217 Å². The predicted molar refractivity (Wildman–Crippen MR) is 134 cm³/mol. The van der Waals surface area contributed by atoms with Crippen LogP contribution >= 0.6 is 0 Å². The van der Waals surface area contributed by atoms with Gasteiger partial charge in [0.2, 0.25) is 0 Å². The molecule has 10 heteroatoms. The lowest BCUT2D eigenvalue weighted by Gasteiger charge is -2.22. The second-order valence-corrected chi connectivity index (χ2v) is 8.87. The summed E-state index contributed by atoms with van der Waals surface area (Å²) in [5.74, 6) is -3.04. The van der Waals surface area contributed by atoms with Crippen LogP contribution in [-0.4, -0.2) is 58.1 Å². The van der Waals surface area contributed by atoms with E-state index in [0.717, 1.165) is 34.9 Å². The largest absolute Gasteiger partial charge is 0.481 e. The molecule has 0 saturated carbocycles. The van der Waals surface area contributed by atoms with Gasteiger partial charge in [0.25, 0.3) is 5.91 Å². The molecule has 38 heavy (non-hydrogen) atoms. The Kier molecular flexibility index (Phi) is 7.12. The van der Waals surface area contributed by atoms with Gasteiger partial charge in [-0.05, 0) is 29.3 Å². The first kappa shape index (κ1) is 25.1. The van der Waals surface area contributed by atoms with Gasteiger partial charge in [-0.25, -0.2) is 18.3 Å². The van der Waals surface area contributed by atoms with Gasteiger partial charge in [-0.2, -0.15) is 0 Å². The molecule has 1 aliphatic heterocycles. The number of carbonyl (C=O) groups excluding carboxylic acids is 2. The quantitative estimate of drug-likeness (QED) is 0.340. The van der Waals surface area contributed by atoms with Gasteiger partial charge in [0.05, 0.1) is 19.3 Å². The van der Waals surface area contributed by atoms with Crippen LogP contribution in [-0.2, 0) is 14.3 Å². The van der Waals surface area contributed by atoms with Crippen LogP contribution in [0, 0.1) is 11.6 Å². The second kappa shape index (κ2) is 10.8. The van der Waals surface area contributed by atoms with E-state index in [1.54, 1.807) is 10.9 Å². The monoisotopic (exact) mass is 518 g/mol. The van der Waals surface area contributed by atoms with Crippen molar-refractivity contribution in [2.75, 3.05) is 20.3 Å². The number of ether oxygens (including phenoxy) is 2. The van der Waals surface area contributed by atoms with Gasteiger partial charge in [0.1, 0.15) is 17.6 Å². The van der Waals surface area contributed by atoms with Gasteiger partial charge >= 0.3 is 5.97 Å². The molecule has 1 aromatic heterocycles. The Morgan fingerprint density at radius 3 is 2.53 bits per heavy atom. The van der Waals surface area contributed by atoms with Crippen molar-refractivity contribution >= 4 is 11.9 Å². The SMILES string of the molecule is COC(=O)[C@@H]1C[C@@H](n2cc(-c3cccc(-c4ccccc4)c3)nn2)CN1C(=O)COc1cc(F)ccc1F. The van der Waals surface area contributed by atoms with Crippen molar-refractivity contribution in [1.29, 1.82) is 0 Å². The minimum absolute atomic E-state index is 0.139. The average Bonchev–Trinajstić information content (AvgIpc) is 3.62. The van der Waals surface area contributed by atoms with Crippen molar-refractivity contribution in [3.8, 4) is 28.1 Å². The van der Waals surface area contributed by atoms with Gasteiger partial charge in [0.15, 0.2) is 18.2 Å². The third kappa shape index (κ3) is 5.24. The molecule has 1 saturated heterocycles. The lowest BCUT2D eigenvalue weighted by atomic mass is 10.0. The lowest BCUT2D eigenvalue weighted by molar-refractivity contribution is -0.151. The van der Waals surface area contributed by atoms with E-state index >= 15 is 0 Å². The van der Waals surface area contributed by atoms with E-state index in [2.05, 4.69) is 10.3 Å². The summed E-state index contributed by atoms with van der Waals surface area (Å²) in [5.41, 5.74) is 3.63. The third-order valence-electron chi connectivity index (χ3n) is 6.47. The van der Waals surface area contributed by atoms with Crippen LogP contribution in [0.3, 0.4) is 0 Å². The number of methoxy groups -OCH3 is 1. The fraction of sp³-hybridized carbons (Fsp3) is 0.214. The molecule has 0 N–H and O–H groups in total. The van der Waals surface area contributed by atoms with Crippen molar-refractivity contribution in [2.24, 2.45) is 0 Å². The number of rotatable bonds is 7. The zero-order chi connectivity index (χ0) is 26.6. The number of hydrogen-bond acceptors (Lipinski definition) is 6. The van der Waals surface area contributed by atoms with E-state index in [1.807, 2.05) is 54.6 Å². The summed E-state index contributed by atoms with van der Waals surface area (Å²) < 4.78 is 39.1. The lowest BCUT2D eigenvalue weighted by Crippen LogP contribution is -2.43. The summed E-state index contributed by atoms with van der Waals surface area (Å²) in [4.78, 5) is 26.7. The standard InChI is InChI=1S/C28H24F2N4O4/c1-37-28(36)25-14-22(15-33(25)27(35)17-38-26-13-21(29)10-11-23(26)30)34-16-24(31-32-34)20-9-5-8-19(12-20)18-6-3-2-4-7-18/h2-13,16,22,25H,14-15,17H2,1H3/t22-,25+/m1/s1. The molecular weight excluding hydrogens is 494 g/mol. The maximum Gasteiger partial charge on any atom is 0.328 e. The minimum atomic E-state index is -0.882. The number of hydrogen-bond donors (Lipinski definition) is 0. The van der Waals surface area contributed by atoms with E-state index in [1.165, 1.54) is 12.0 Å². The van der Waals surface area contributed by atoms with E-state index < -0.39 is 36.2 Å². The Morgan fingerprint density at radius 1 is 0.974 bits per heavy atom. The summed E-state index contributed by atoms with van der Waals surface area (Å²) in [7, 11) is 1.24. The van der Waals surface area contributed by atoms with E-state index in [-0.39, 0.29) is 24.8 Å². The van der Waals surface area contributed by atoms with Crippen LogP contribution in [0.25, 0.3) is 22.4 Å². The van der Waals surface area contributed by atoms with Crippen molar-refractivity contribution in [2.45, 2.75) is 18.5 Å². The predicted octanol–water partition coefficient (Wildman–Crippen LogP) is 4.28. The number of aromatic nitrogens is 3. The maximum atomic E-state index is 13.9. The van der Waals surface area contributed by atoms with Gasteiger partial charge in [-0.3, -0.25) is 4.79 Å². The first-order chi connectivity index (χ1) is 18.4. The van der Waals surface area contributed by atoms with Crippen LogP contribution in [0.4, 0.5) is 8.78 Å². The Hall–Kier alpha value is -4.60. The van der Waals surface area contributed by atoms with E-state index in [0.29, 0.717) is 5.69 Å². The second-order valence-electron chi connectivity index (χ2n) is 8.87. The zero-order valence-electron chi connectivity index (χ0n) is 20.5. The van der Waals surface area contributed by atoms with Crippen LogP contribution in [0.1, 0.15) is 12.5 Å². The molecule has 1 aliphatic rings. The first-order valence-corrected chi connectivity index (χ1v) is 12.0. The van der Waals surface area contributed by atoms with Crippen LogP contribution in [0.5, 0.6) is 5.75 Å². The van der Waals surface area contributed by atoms with Crippen molar-refractivity contribution in [1.82, 2.24) is 19.9 Å². The molecular formula is C28H24F2N4O4. The summed E-state index contributed by atoms with van der Waals surface area (Å²) in [6, 6.07) is 19.4. The molecule has 0 spiro atoms. The Morgan fingerprint density at radius 2 is 1.74 bits per heavy atom. The molecule has 0 unspecified atom stereocenters. The molecule has 2 atom stereocenters. The zero-order valence-corrected chi connectivity index (χ0v) is 20.5. The molecule has 0 bridgehead atoms. The van der Waals surface area contributed by atoms with Gasteiger partial charge in [-0.1, -0.05) is 53.7 Å². The van der Waals surface area contributed by atoms with Gasteiger partial charge in [0, 0.05) is 24.6 Å². The smallest absolute Gasteiger partial charge is 0.328 e. The molecule has 2 heterocycles. The molecule has 5 rings (SSSR count). The van der Waals surface area contributed by atoms with Crippen LogP contribution < -0.4 is 4.74 Å². The van der Waals surface area contributed by atoms with Gasteiger partial charge in [-0.15, -0.1) is 5.10 Å². The third-order valence-corrected chi connectivity index (χ3v) is 6.47. The minimum Gasteiger partial charge on any atom is -0.481 e. The fourth-order valence-electron chi connectivity index (χ4n) is 4.53. The number of esters is 1. The Balaban J connectivity index is 1.32. The molecule has 0 radical (unpaired) electrons. The highest BCUT2D eigenvalue weighted by Gasteiger charge is 2.41. The molecule has 4 aromatic rings. The number of benzene rings is 3. The summed E-state index contributed by atoms with van der Waals surface area (Å²) >= 11 is 0. The molecule has 194 valence electrons. The topological polar surface area (TPSA) is 86.6 Å². The first-order valence-electron chi connectivity index (χ1n) is 12.0. The normalized spacial score (nSPS) is 16.9. The summed E-state index contributed by atoms with van der Waals surface area (Å²) in [5, 5.41) is 8.57. The number of likely N-dealkylation sites (tertiary alicyclic amines) is 1. The van der Waals surface area contributed by atoms with Crippen LogP contribution in [0.15, 0.2) is 79.0 Å². The highest BCUT2D eigenvalue weighted by Crippen LogP contribution is 2.30. The number of carbonyl (C=O) groups is 2. The van der Waals surface area contributed by atoms with E-state index in [4.69, 9.17) is 9.47 Å². The highest BCUT2D eigenvalue weighted by molar-refractivity contribution is 5.86. The van der Waals surface area contributed by atoms with Gasteiger partial charge < -0.3 is 14.4 Å². The van der Waals surface area contributed by atoms with Crippen molar-refractivity contribution in [3.05, 3.63) is 90.6 Å². The Bertz CT molecular complexity index is 1460. The van der Waals surface area contributed by atoms with Crippen LogP contribution in [0.2, 0.25) is 0 Å². The average molecular weight is 519 g/mol. The number of nitrogens with zero attached hydrogens (tertiary/aromatic N) is 4. The molecule has 3 aromatic carbocycles. The maximum absolute atomic E-state index is 13.9. The fourth-order valence-corrected chi connectivity index (χ4v) is 4.53. The molecule has 8 nitrogen and oxygen atoms in total. The number of amides is 1. The summed E-state index contributed by atoms with van der Waals surface area (Å²) in [6.07, 6.45) is 2.02. The number of halogens is 2. The van der Waals surface area contributed by atoms with E-state index in [9.17, 15) is 18.4 Å². The molecule has 1 fully saturated rings. The molecule has 1 amide bonds. The van der Waals surface area contributed by atoms with Crippen molar-refractivity contribution < 1.29 is 27.8 Å².